The molecule has 0 N–H and O–H groups in total. The van der Waals surface area contributed by atoms with Crippen molar-refractivity contribution in [1.29, 1.82) is 0 Å². The summed E-state index contributed by atoms with van der Waals surface area (Å²) in [7, 11) is 4.06. The topological polar surface area (TPSA) is 32.8 Å². The molecular formula is C23H30N2O2S. The molecule has 0 radical (unpaired) electrons. The van der Waals surface area contributed by atoms with Crippen LogP contribution in [0.5, 0.6) is 11.5 Å². The second-order valence-electron chi connectivity index (χ2n) is 8.50. The van der Waals surface area contributed by atoms with Gasteiger partial charge in [0, 0.05) is 13.1 Å². The Morgan fingerprint density at radius 3 is 2.46 bits per heavy atom. The van der Waals surface area contributed by atoms with Crippen molar-refractivity contribution in [3.05, 3.63) is 59.7 Å². The molecule has 4 nitrogen and oxygen atoms in total. The molecule has 0 spiro atoms. The molecule has 1 saturated heterocycles. The number of carbonyl (C=O) groups excluding carboxylic acids is 1. The monoisotopic (exact) mass is 398 g/mol. The zero-order chi connectivity index (χ0) is 20.3. The van der Waals surface area contributed by atoms with Gasteiger partial charge in [-0.05, 0) is 54.9 Å². The van der Waals surface area contributed by atoms with Crippen molar-refractivity contribution in [3.8, 4) is 11.5 Å². The van der Waals surface area contributed by atoms with E-state index in [2.05, 4.69) is 49.9 Å². The summed E-state index contributed by atoms with van der Waals surface area (Å²) in [5, 5.41) is 0.0549. The van der Waals surface area contributed by atoms with Crippen molar-refractivity contribution in [1.82, 2.24) is 9.80 Å². The summed E-state index contributed by atoms with van der Waals surface area (Å²) in [6.45, 7) is 8.21. The maximum absolute atomic E-state index is 12.3. The normalized spacial score (nSPS) is 17.4. The van der Waals surface area contributed by atoms with Gasteiger partial charge in [-0.25, -0.2) is 0 Å². The van der Waals surface area contributed by atoms with E-state index in [1.54, 1.807) is 11.8 Å². The van der Waals surface area contributed by atoms with Crippen LogP contribution in [-0.4, -0.2) is 48.6 Å². The lowest BCUT2D eigenvalue weighted by Gasteiger charge is -2.26. The fraction of sp³-hybridized carbons (Fsp3) is 0.435. The van der Waals surface area contributed by atoms with Crippen LogP contribution in [0.1, 0.15) is 37.3 Å². The van der Waals surface area contributed by atoms with Crippen molar-refractivity contribution in [3.63, 3.8) is 0 Å². The predicted octanol–water partition coefficient (Wildman–Crippen LogP) is 4.91. The van der Waals surface area contributed by atoms with Gasteiger partial charge in [-0.2, -0.15) is 0 Å². The first-order chi connectivity index (χ1) is 13.2. The molecule has 1 aliphatic heterocycles. The zero-order valence-electron chi connectivity index (χ0n) is 17.4. The Labute approximate surface area is 172 Å². The van der Waals surface area contributed by atoms with Gasteiger partial charge >= 0.3 is 0 Å². The fourth-order valence-electron chi connectivity index (χ4n) is 3.17. The first-order valence-corrected chi connectivity index (χ1v) is 10.7. The molecule has 28 heavy (non-hydrogen) atoms. The molecule has 0 aromatic heterocycles. The number of ether oxygens (including phenoxy) is 1. The van der Waals surface area contributed by atoms with E-state index in [0.717, 1.165) is 30.2 Å². The van der Waals surface area contributed by atoms with Crippen molar-refractivity contribution >= 4 is 17.7 Å². The Bertz CT molecular complexity index is 812. The summed E-state index contributed by atoms with van der Waals surface area (Å²) in [4.78, 5) is 16.4. The first kappa shape index (κ1) is 20.7. The molecule has 3 rings (SSSR count). The Morgan fingerprint density at radius 2 is 1.82 bits per heavy atom. The Morgan fingerprint density at radius 1 is 1.11 bits per heavy atom. The minimum absolute atomic E-state index is 0.0549. The highest BCUT2D eigenvalue weighted by Gasteiger charge is 2.32. The number of rotatable bonds is 6. The molecule has 1 heterocycles. The second kappa shape index (κ2) is 8.58. The van der Waals surface area contributed by atoms with Crippen molar-refractivity contribution in [2.75, 3.05) is 32.9 Å². The van der Waals surface area contributed by atoms with E-state index in [1.807, 2.05) is 43.3 Å². The number of carbonyl (C=O) groups is 1. The lowest BCUT2D eigenvalue weighted by Crippen LogP contribution is -2.34. The predicted molar refractivity (Wildman–Crippen MR) is 117 cm³/mol. The third kappa shape index (κ3) is 5.09. The highest BCUT2D eigenvalue weighted by molar-refractivity contribution is 8.00. The smallest absolute Gasteiger partial charge is 0.233 e. The minimum Gasteiger partial charge on any atom is -0.457 e. The van der Waals surface area contributed by atoms with Gasteiger partial charge < -0.3 is 14.5 Å². The highest BCUT2D eigenvalue weighted by atomic mass is 32.2. The Kier molecular flexibility index (Phi) is 6.36. The molecule has 1 atom stereocenters. The number of hydrogen-bond donors (Lipinski definition) is 0. The summed E-state index contributed by atoms with van der Waals surface area (Å²) in [6, 6.07) is 16.4. The van der Waals surface area contributed by atoms with Crippen LogP contribution < -0.4 is 4.74 Å². The van der Waals surface area contributed by atoms with E-state index in [1.165, 1.54) is 5.56 Å². The second-order valence-corrected chi connectivity index (χ2v) is 9.57. The Hall–Kier alpha value is -1.98. The average molecular weight is 399 g/mol. The van der Waals surface area contributed by atoms with Gasteiger partial charge in [0.05, 0.1) is 5.75 Å². The summed E-state index contributed by atoms with van der Waals surface area (Å²) in [6.07, 6.45) is 0. The van der Waals surface area contributed by atoms with Gasteiger partial charge in [0.15, 0.2) is 0 Å². The van der Waals surface area contributed by atoms with Crippen LogP contribution in [0.25, 0.3) is 0 Å². The quantitative estimate of drug-likeness (QED) is 0.692. The van der Waals surface area contributed by atoms with Gasteiger partial charge in [0.1, 0.15) is 16.9 Å². The van der Waals surface area contributed by atoms with Gasteiger partial charge in [-0.1, -0.05) is 45.0 Å². The van der Waals surface area contributed by atoms with E-state index in [-0.39, 0.29) is 16.7 Å². The van der Waals surface area contributed by atoms with E-state index in [9.17, 15) is 4.79 Å². The summed E-state index contributed by atoms with van der Waals surface area (Å²) in [5.74, 6) is 2.37. The number of likely N-dealkylation sites (N-methyl/N-ethyl adjacent to an activating group) is 1. The average Bonchev–Trinajstić information content (AvgIpc) is 3.00. The van der Waals surface area contributed by atoms with Gasteiger partial charge in [0.25, 0.3) is 0 Å². The van der Waals surface area contributed by atoms with Crippen LogP contribution in [0.2, 0.25) is 0 Å². The van der Waals surface area contributed by atoms with Gasteiger partial charge in [-0.15, -0.1) is 11.8 Å². The lowest BCUT2D eigenvalue weighted by molar-refractivity contribution is -0.128. The molecule has 0 saturated carbocycles. The number of amides is 1. The van der Waals surface area contributed by atoms with Crippen LogP contribution in [0.3, 0.4) is 0 Å². The molecule has 1 amide bonds. The van der Waals surface area contributed by atoms with E-state index < -0.39 is 0 Å². The van der Waals surface area contributed by atoms with Gasteiger partial charge in [0.2, 0.25) is 5.91 Å². The zero-order valence-corrected chi connectivity index (χ0v) is 18.3. The fourth-order valence-corrected chi connectivity index (χ4v) is 4.38. The Balaban J connectivity index is 1.74. The van der Waals surface area contributed by atoms with Gasteiger partial charge in [-0.3, -0.25) is 4.79 Å². The third-order valence-corrected chi connectivity index (χ3v) is 6.11. The van der Waals surface area contributed by atoms with Crippen LogP contribution in [-0.2, 0) is 10.2 Å². The lowest BCUT2D eigenvalue weighted by atomic mass is 9.87. The molecular weight excluding hydrogens is 368 g/mol. The molecule has 0 aliphatic carbocycles. The molecule has 1 fully saturated rings. The number of nitrogens with zero attached hydrogens (tertiary/aromatic N) is 2. The first-order valence-electron chi connectivity index (χ1n) is 9.68. The summed E-state index contributed by atoms with van der Waals surface area (Å²) in [5.41, 5.74) is 2.52. The van der Waals surface area contributed by atoms with Crippen molar-refractivity contribution < 1.29 is 9.53 Å². The minimum atomic E-state index is 0.0549. The summed E-state index contributed by atoms with van der Waals surface area (Å²) >= 11 is 1.69. The summed E-state index contributed by atoms with van der Waals surface area (Å²) < 4.78 is 6.09. The molecule has 150 valence electrons. The molecule has 2 aromatic rings. The number of thioether (sulfide) groups is 1. The van der Waals surface area contributed by atoms with E-state index in [4.69, 9.17) is 4.74 Å². The maximum atomic E-state index is 12.3. The molecule has 0 bridgehead atoms. The number of hydrogen-bond acceptors (Lipinski definition) is 4. The standard InChI is InChI=1S/C23H30N2O2S/c1-23(2,3)18-9-11-19(12-10-18)27-20-8-6-7-17(15-20)22-25(14-13-24(4)5)21(26)16-28-22/h6-12,15,22H,13-14,16H2,1-5H3. The SMILES string of the molecule is CN(C)CCN1C(=O)CSC1c1cccc(Oc2ccc(C(C)(C)C)cc2)c1. The molecule has 1 unspecified atom stereocenters. The van der Waals surface area contributed by atoms with E-state index in [0.29, 0.717) is 5.75 Å². The van der Waals surface area contributed by atoms with Crippen LogP contribution in [0, 0.1) is 0 Å². The third-order valence-electron chi connectivity index (χ3n) is 4.86. The van der Waals surface area contributed by atoms with Crippen LogP contribution >= 0.6 is 11.8 Å². The van der Waals surface area contributed by atoms with Crippen molar-refractivity contribution in [2.24, 2.45) is 0 Å². The van der Waals surface area contributed by atoms with Crippen molar-refractivity contribution in [2.45, 2.75) is 31.6 Å². The molecule has 2 aromatic carbocycles. The largest absolute Gasteiger partial charge is 0.457 e. The number of benzene rings is 2. The van der Waals surface area contributed by atoms with E-state index >= 15 is 0 Å². The van der Waals surface area contributed by atoms with Crippen LogP contribution in [0.15, 0.2) is 48.5 Å². The highest BCUT2D eigenvalue weighted by Crippen LogP contribution is 2.39. The maximum Gasteiger partial charge on any atom is 0.233 e. The molecule has 5 heteroatoms. The molecule has 1 aliphatic rings. The van der Waals surface area contributed by atoms with Crippen LogP contribution in [0.4, 0.5) is 0 Å².